The van der Waals surface area contributed by atoms with Crippen molar-refractivity contribution in [2.24, 2.45) is 0 Å². The number of nitrogens with zero attached hydrogens (tertiary/aromatic N) is 1. The summed E-state index contributed by atoms with van der Waals surface area (Å²) in [6.07, 6.45) is 1.43. The first kappa shape index (κ1) is 17.1. The Morgan fingerprint density at radius 2 is 1.64 bits per heavy atom. The Morgan fingerprint density at radius 3 is 2.28 bits per heavy atom. The lowest BCUT2D eigenvalue weighted by molar-refractivity contribution is -0.137. The summed E-state index contributed by atoms with van der Waals surface area (Å²) in [5, 5.41) is 8.87. The van der Waals surface area contributed by atoms with Gasteiger partial charge in [0.05, 0.1) is 6.42 Å². The molecule has 126 valence electrons. The lowest BCUT2D eigenvalue weighted by atomic mass is 9.92. The molecule has 2 amide bonds. The second-order valence-electron chi connectivity index (χ2n) is 5.56. The van der Waals surface area contributed by atoms with Crippen molar-refractivity contribution < 1.29 is 19.5 Å². The molecule has 0 saturated heterocycles. The van der Waals surface area contributed by atoms with E-state index in [0.29, 0.717) is 16.7 Å². The van der Waals surface area contributed by atoms with Crippen molar-refractivity contribution >= 4 is 45.4 Å². The number of carboxylic acids is 1. The molecule has 6 heteroatoms. The molecular weight excluding hydrogens is 386 g/mol. The van der Waals surface area contributed by atoms with Crippen LogP contribution in [0.15, 0.2) is 53.0 Å². The number of imide groups is 1. The van der Waals surface area contributed by atoms with Crippen molar-refractivity contribution in [2.45, 2.75) is 6.42 Å². The minimum atomic E-state index is -1.06. The van der Waals surface area contributed by atoms with Crippen LogP contribution in [0, 0.1) is 0 Å². The highest BCUT2D eigenvalue weighted by molar-refractivity contribution is 9.10. The number of rotatable bonds is 4. The van der Waals surface area contributed by atoms with E-state index in [2.05, 4.69) is 15.9 Å². The number of hydrogen-bond acceptors (Lipinski definition) is 3. The molecule has 2 aromatic rings. The van der Waals surface area contributed by atoms with E-state index in [0.717, 1.165) is 14.9 Å². The molecule has 0 saturated carbocycles. The van der Waals surface area contributed by atoms with Gasteiger partial charge in [-0.3, -0.25) is 19.3 Å². The maximum Gasteiger partial charge on any atom is 0.305 e. The van der Waals surface area contributed by atoms with Crippen molar-refractivity contribution in [3.63, 3.8) is 0 Å². The summed E-state index contributed by atoms with van der Waals surface area (Å²) in [5.41, 5.74) is 2.15. The van der Waals surface area contributed by atoms with Crippen LogP contribution in [0.1, 0.15) is 27.9 Å². The number of carbonyl (C=O) groups excluding carboxylic acids is 2. The van der Waals surface area contributed by atoms with Gasteiger partial charge in [-0.25, -0.2) is 0 Å². The minimum Gasteiger partial charge on any atom is -0.481 e. The first-order chi connectivity index (χ1) is 12.0. The Kier molecular flexibility index (Phi) is 4.81. The van der Waals surface area contributed by atoms with Gasteiger partial charge in [-0.15, -0.1) is 0 Å². The fourth-order valence-electron chi connectivity index (χ4n) is 2.68. The topological polar surface area (TPSA) is 74.7 Å². The smallest absolute Gasteiger partial charge is 0.305 e. The van der Waals surface area contributed by atoms with Crippen LogP contribution >= 0.6 is 15.9 Å². The van der Waals surface area contributed by atoms with Gasteiger partial charge in [-0.1, -0.05) is 46.3 Å². The number of aliphatic carboxylic acids is 1. The van der Waals surface area contributed by atoms with Gasteiger partial charge in [0, 0.05) is 22.2 Å². The van der Waals surface area contributed by atoms with E-state index < -0.39 is 17.8 Å². The SMILES string of the molecule is O=C(O)CCN1C(=O)/C(=C\c2ccc(Br)cc2)c2ccccc2C1=O. The molecule has 0 fully saturated rings. The second kappa shape index (κ2) is 7.03. The maximum absolute atomic E-state index is 12.8. The molecule has 0 aromatic heterocycles. The molecule has 5 nitrogen and oxygen atoms in total. The molecule has 1 aliphatic rings. The molecule has 1 heterocycles. The summed E-state index contributed by atoms with van der Waals surface area (Å²) in [7, 11) is 0. The molecule has 25 heavy (non-hydrogen) atoms. The molecule has 2 aromatic carbocycles. The lowest BCUT2D eigenvalue weighted by Crippen LogP contribution is -2.42. The molecule has 1 N–H and O–H groups in total. The molecule has 0 atom stereocenters. The van der Waals surface area contributed by atoms with Gasteiger partial charge in [0.1, 0.15) is 0 Å². The number of carboxylic acid groups (broad SMARTS) is 1. The summed E-state index contributed by atoms with van der Waals surface area (Å²) in [6.45, 7) is -0.154. The van der Waals surface area contributed by atoms with Crippen LogP contribution in [0.5, 0.6) is 0 Å². The number of amides is 2. The zero-order chi connectivity index (χ0) is 18.0. The summed E-state index contributed by atoms with van der Waals surface area (Å²) in [5.74, 6) is -2.00. The van der Waals surface area contributed by atoms with Gasteiger partial charge in [-0.05, 0) is 35.4 Å². The highest BCUT2D eigenvalue weighted by atomic mass is 79.9. The third-order valence-electron chi connectivity index (χ3n) is 3.90. The van der Waals surface area contributed by atoms with Crippen molar-refractivity contribution in [3.8, 4) is 0 Å². The van der Waals surface area contributed by atoms with Gasteiger partial charge >= 0.3 is 5.97 Å². The molecule has 0 spiro atoms. The van der Waals surface area contributed by atoms with Crippen LogP contribution < -0.4 is 0 Å². The van der Waals surface area contributed by atoms with E-state index in [1.807, 2.05) is 24.3 Å². The molecular formula is C19H14BrNO4. The highest BCUT2D eigenvalue weighted by Crippen LogP contribution is 2.30. The van der Waals surface area contributed by atoms with Crippen LogP contribution in [0.3, 0.4) is 0 Å². The van der Waals surface area contributed by atoms with Crippen LogP contribution in [0.25, 0.3) is 11.6 Å². The first-order valence-corrected chi connectivity index (χ1v) is 8.41. The van der Waals surface area contributed by atoms with E-state index in [-0.39, 0.29) is 13.0 Å². The number of hydrogen-bond donors (Lipinski definition) is 1. The Bertz CT molecular complexity index is 887. The number of fused-ring (bicyclic) bond motifs is 1. The number of benzene rings is 2. The zero-order valence-corrected chi connectivity index (χ0v) is 14.7. The fraction of sp³-hybridized carbons (Fsp3) is 0.105. The van der Waals surface area contributed by atoms with Crippen molar-refractivity contribution in [2.75, 3.05) is 6.54 Å². The van der Waals surface area contributed by atoms with Gasteiger partial charge in [-0.2, -0.15) is 0 Å². The average Bonchev–Trinajstić information content (AvgIpc) is 2.60. The monoisotopic (exact) mass is 399 g/mol. The Morgan fingerprint density at radius 1 is 1.00 bits per heavy atom. The molecule has 0 aliphatic carbocycles. The quantitative estimate of drug-likeness (QED) is 0.630. The first-order valence-electron chi connectivity index (χ1n) is 7.62. The van der Waals surface area contributed by atoms with Gasteiger partial charge in [0.15, 0.2) is 0 Å². The zero-order valence-electron chi connectivity index (χ0n) is 13.1. The predicted molar refractivity (Wildman–Crippen MR) is 96.8 cm³/mol. The summed E-state index contributed by atoms with van der Waals surface area (Å²) < 4.78 is 0.920. The van der Waals surface area contributed by atoms with E-state index in [1.54, 1.807) is 30.3 Å². The van der Waals surface area contributed by atoms with E-state index in [4.69, 9.17) is 5.11 Å². The maximum atomic E-state index is 12.8. The van der Waals surface area contributed by atoms with E-state index >= 15 is 0 Å². The Labute approximate surface area is 152 Å². The van der Waals surface area contributed by atoms with E-state index in [1.165, 1.54) is 0 Å². The average molecular weight is 400 g/mol. The third kappa shape index (κ3) is 3.53. The largest absolute Gasteiger partial charge is 0.481 e. The summed E-state index contributed by atoms with van der Waals surface area (Å²) in [6, 6.07) is 14.3. The summed E-state index contributed by atoms with van der Waals surface area (Å²) >= 11 is 3.36. The fourth-order valence-corrected chi connectivity index (χ4v) is 2.94. The van der Waals surface area contributed by atoms with Crippen LogP contribution in [-0.2, 0) is 9.59 Å². The number of halogens is 1. The van der Waals surface area contributed by atoms with Crippen molar-refractivity contribution in [3.05, 3.63) is 69.7 Å². The van der Waals surface area contributed by atoms with Crippen molar-refractivity contribution in [1.82, 2.24) is 4.90 Å². The normalized spacial score (nSPS) is 15.4. The predicted octanol–water partition coefficient (Wildman–Crippen LogP) is 3.45. The second-order valence-corrected chi connectivity index (χ2v) is 6.48. The van der Waals surface area contributed by atoms with Crippen LogP contribution in [0.2, 0.25) is 0 Å². The van der Waals surface area contributed by atoms with Crippen LogP contribution in [0.4, 0.5) is 0 Å². The molecule has 0 unspecified atom stereocenters. The molecule has 1 aliphatic heterocycles. The molecule has 0 bridgehead atoms. The van der Waals surface area contributed by atoms with E-state index in [9.17, 15) is 14.4 Å². The van der Waals surface area contributed by atoms with Gasteiger partial charge in [0.25, 0.3) is 11.8 Å². The van der Waals surface area contributed by atoms with Crippen molar-refractivity contribution in [1.29, 1.82) is 0 Å². The third-order valence-corrected chi connectivity index (χ3v) is 4.43. The highest BCUT2D eigenvalue weighted by Gasteiger charge is 2.34. The van der Waals surface area contributed by atoms with Gasteiger partial charge in [0.2, 0.25) is 0 Å². The molecule has 0 radical (unpaired) electrons. The minimum absolute atomic E-state index is 0.154. The Balaban J connectivity index is 2.07. The van der Waals surface area contributed by atoms with Gasteiger partial charge < -0.3 is 5.11 Å². The standard InChI is InChI=1S/C19H14BrNO4/c20-13-7-5-12(6-8-13)11-16-14-3-1-2-4-15(14)18(24)21(19(16)25)10-9-17(22)23/h1-8,11H,9-10H2,(H,22,23)/b16-11-. The summed E-state index contributed by atoms with van der Waals surface area (Å²) in [4.78, 5) is 37.2. The molecule has 3 rings (SSSR count). The Hall–Kier alpha value is -2.73. The lowest BCUT2D eigenvalue weighted by Gasteiger charge is -2.28. The van der Waals surface area contributed by atoms with Crippen LogP contribution in [-0.4, -0.2) is 34.3 Å². The number of carbonyl (C=O) groups is 3.